The van der Waals surface area contributed by atoms with Crippen molar-refractivity contribution in [3.63, 3.8) is 0 Å². The van der Waals surface area contributed by atoms with Gasteiger partial charge in [-0.05, 0) is 42.2 Å². The number of fused-ring (bicyclic) bond motifs is 3. The van der Waals surface area contributed by atoms with Crippen LogP contribution in [0.5, 0.6) is 0 Å². The van der Waals surface area contributed by atoms with Crippen LogP contribution in [0.1, 0.15) is 24.0 Å². The minimum atomic E-state index is -0.684. The molecule has 0 N–H and O–H groups in total. The maximum absolute atomic E-state index is 13.8. The van der Waals surface area contributed by atoms with E-state index >= 15 is 0 Å². The van der Waals surface area contributed by atoms with Crippen molar-refractivity contribution in [1.29, 1.82) is 0 Å². The minimum absolute atomic E-state index is 0.417. The SMILES string of the molecule is Fc1c2c(c3ccccc3c1F)CCCC2. The van der Waals surface area contributed by atoms with Gasteiger partial charge in [-0.1, -0.05) is 24.3 Å². The van der Waals surface area contributed by atoms with Crippen LogP contribution in [0.15, 0.2) is 24.3 Å². The van der Waals surface area contributed by atoms with E-state index in [-0.39, 0.29) is 0 Å². The summed E-state index contributed by atoms with van der Waals surface area (Å²) < 4.78 is 27.6. The highest BCUT2D eigenvalue weighted by Gasteiger charge is 2.21. The van der Waals surface area contributed by atoms with Gasteiger partial charge in [0, 0.05) is 5.39 Å². The molecule has 16 heavy (non-hydrogen) atoms. The highest BCUT2D eigenvalue weighted by molar-refractivity contribution is 5.87. The second kappa shape index (κ2) is 3.55. The van der Waals surface area contributed by atoms with Gasteiger partial charge in [0.2, 0.25) is 0 Å². The van der Waals surface area contributed by atoms with Crippen LogP contribution in [0.3, 0.4) is 0 Å². The van der Waals surface area contributed by atoms with Crippen molar-refractivity contribution >= 4 is 10.8 Å². The molecule has 0 fully saturated rings. The first kappa shape index (κ1) is 9.76. The molecular weight excluding hydrogens is 206 g/mol. The molecule has 1 aliphatic carbocycles. The monoisotopic (exact) mass is 218 g/mol. The summed E-state index contributed by atoms with van der Waals surface area (Å²) >= 11 is 0. The smallest absolute Gasteiger partial charge is 0.166 e. The normalized spacial score (nSPS) is 15.1. The van der Waals surface area contributed by atoms with E-state index in [4.69, 9.17) is 0 Å². The molecule has 0 unspecified atom stereocenters. The first-order valence-electron chi connectivity index (χ1n) is 5.66. The zero-order chi connectivity index (χ0) is 11.1. The Morgan fingerprint density at radius 1 is 0.750 bits per heavy atom. The molecule has 0 bridgehead atoms. The van der Waals surface area contributed by atoms with E-state index < -0.39 is 11.6 Å². The van der Waals surface area contributed by atoms with E-state index in [2.05, 4.69) is 0 Å². The van der Waals surface area contributed by atoms with Crippen molar-refractivity contribution < 1.29 is 8.78 Å². The van der Waals surface area contributed by atoms with Gasteiger partial charge in [-0.15, -0.1) is 0 Å². The molecule has 0 spiro atoms. The molecule has 2 aromatic carbocycles. The Hall–Kier alpha value is -1.44. The van der Waals surface area contributed by atoms with Crippen LogP contribution in [0, 0.1) is 11.6 Å². The maximum Gasteiger partial charge on any atom is 0.166 e. The van der Waals surface area contributed by atoms with Gasteiger partial charge in [-0.25, -0.2) is 8.78 Å². The summed E-state index contributed by atoms with van der Waals surface area (Å²) in [6.45, 7) is 0. The lowest BCUT2D eigenvalue weighted by molar-refractivity contribution is 0.496. The van der Waals surface area contributed by atoms with Crippen molar-refractivity contribution in [1.82, 2.24) is 0 Å². The molecule has 0 saturated carbocycles. The third-order valence-corrected chi connectivity index (χ3v) is 3.41. The Morgan fingerprint density at radius 2 is 1.38 bits per heavy atom. The molecule has 0 saturated heterocycles. The molecule has 82 valence electrons. The molecule has 0 heterocycles. The van der Waals surface area contributed by atoms with Gasteiger partial charge < -0.3 is 0 Å². The molecule has 0 radical (unpaired) electrons. The molecule has 0 aromatic heterocycles. The van der Waals surface area contributed by atoms with Crippen molar-refractivity contribution in [2.75, 3.05) is 0 Å². The van der Waals surface area contributed by atoms with E-state index in [0.717, 1.165) is 30.2 Å². The van der Waals surface area contributed by atoms with Gasteiger partial charge in [-0.3, -0.25) is 0 Å². The fraction of sp³-hybridized carbons (Fsp3) is 0.286. The number of hydrogen-bond donors (Lipinski definition) is 0. The van der Waals surface area contributed by atoms with Crippen LogP contribution < -0.4 is 0 Å². The van der Waals surface area contributed by atoms with Gasteiger partial charge in [0.25, 0.3) is 0 Å². The van der Waals surface area contributed by atoms with Gasteiger partial charge in [0.15, 0.2) is 11.6 Å². The van der Waals surface area contributed by atoms with E-state index in [1.165, 1.54) is 0 Å². The zero-order valence-electron chi connectivity index (χ0n) is 8.89. The Morgan fingerprint density at radius 3 is 2.12 bits per heavy atom. The van der Waals surface area contributed by atoms with Gasteiger partial charge in [-0.2, -0.15) is 0 Å². The molecule has 0 nitrogen and oxygen atoms in total. The quantitative estimate of drug-likeness (QED) is 0.627. The lowest BCUT2D eigenvalue weighted by Gasteiger charge is -2.19. The van der Waals surface area contributed by atoms with Crippen molar-refractivity contribution in [2.45, 2.75) is 25.7 Å². The van der Waals surface area contributed by atoms with Crippen LogP contribution in [-0.2, 0) is 12.8 Å². The molecule has 0 amide bonds. The number of halogens is 2. The maximum atomic E-state index is 13.8. The molecule has 0 aliphatic heterocycles. The third kappa shape index (κ3) is 1.26. The summed E-state index contributed by atoms with van der Waals surface area (Å²) in [5, 5.41) is 1.30. The lowest BCUT2D eigenvalue weighted by Crippen LogP contribution is -2.08. The summed E-state index contributed by atoms with van der Waals surface area (Å²) in [5.74, 6) is -1.32. The van der Waals surface area contributed by atoms with Crippen LogP contribution in [-0.4, -0.2) is 0 Å². The van der Waals surface area contributed by atoms with Crippen molar-refractivity contribution in [2.24, 2.45) is 0 Å². The van der Waals surface area contributed by atoms with Gasteiger partial charge >= 0.3 is 0 Å². The Balaban J connectivity index is 2.45. The summed E-state index contributed by atoms with van der Waals surface area (Å²) in [7, 11) is 0. The minimum Gasteiger partial charge on any atom is -0.203 e. The number of aryl methyl sites for hydroxylation is 1. The average molecular weight is 218 g/mol. The zero-order valence-corrected chi connectivity index (χ0v) is 8.89. The Bertz CT molecular complexity index is 558. The highest BCUT2D eigenvalue weighted by Crippen LogP contribution is 2.33. The Kier molecular flexibility index (Phi) is 2.16. The van der Waals surface area contributed by atoms with Crippen LogP contribution in [0.25, 0.3) is 10.8 Å². The van der Waals surface area contributed by atoms with Crippen LogP contribution >= 0.6 is 0 Å². The van der Waals surface area contributed by atoms with Gasteiger partial charge in [0.1, 0.15) is 0 Å². The van der Waals surface area contributed by atoms with Crippen LogP contribution in [0.4, 0.5) is 8.78 Å². The standard InChI is InChI=1S/C14H12F2/c15-13-11-7-3-1-5-9(11)10-6-2-4-8-12(10)14(13)16/h1,3,5,7H,2,4,6,8H2. The molecule has 2 heteroatoms. The van der Waals surface area contributed by atoms with Crippen LogP contribution in [0.2, 0.25) is 0 Å². The highest BCUT2D eigenvalue weighted by atomic mass is 19.2. The summed E-state index contributed by atoms with van der Waals surface area (Å²) in [4.78, 5) is 0. The second-order valence-electron chi connectivity index (χ2n) is 4.34. The van der Waals surface area contributed by atoms with E-state index in [1.807, 2.05) is 12.1 Å². The fourth-order valence-corrected chi connectivity index (χ4v) is 2.63. The third-order valence-electron chi connectivity index (χ3n) is 3.41. The summed E-state index contributed by atoms with van der Waals surface area (Å²) in [6.07, 6.45) is 3.57. The van der Waals surface area contributed by atoms with E-state index in [9.17, 15) is 8.78 Å². The van der Waals surface area contributed by atoms with E-state index in [0.29, 0.717) is 17.4 Å². The molecule has 2 aromatic rings. The lowest BCUT2D eigenvalue weighted by atomic mass is 9.87. The molecule has 0 atom stereocenters. The predicted octanol–water partition coefficient (Wildman–Crippen LogP) is 4.00. The Labute approximate surface area is 92.9 Å². The topological polar surface area (TPSA) is 0 Å². The fourth-order valence-electron chi connectivity index (χ4n) is 2.63. The summed E-state index contributed by atoms with van der Waals surface area (Å²) in [5.41, 5.74) is 1.61. The summed E-state index contributed by atoms with van der Waals surface area (Å²) in [6, 6.07) is 7.18. The first-order valence-corrected chi connectivity index (χ1v) is 5.66. The molecule has 3 rings (SSSR count). The number of hydrogen-bond acceptors (Lipinski definition) is 0. The predicted molar refractivity (Wildman–Crippen MR) is 60.5 cm³/mol. The first-order chi connectivity index (χ1) is 7.79. The second-order valence-corrected chi connectivity index (χ2v) is 4.34. The molecular formula is C14H12F2. The van der Waals surface area contributed by atoms with Crippen molar-refractivity contribution in [3.8, 4) is 0 Å². The van der Waals surface area contributed by atoms with E-state index in [1.54, 1.807) is 12.1 Å². The average Bonchev–Trinajstić information content (AvgIpc) is 2.36. The largest absolute Gasteiger partial charge is 0.203 e. The number of rotatable bonds is 0. The number of benzene rings is 2. The van der Waals surface area contributed by atoms with Crippen molar-refractivity contribution in [3.05, 3.63) is 47.0 Å². The van der Waals surface area contributed by atoms with Gasteiger partial charge in [0.05, 0.1) is 0 Å². The molecule has 1 aliphatic rings.